The molecule has 3 rings (SSSR count). The average molecular weight is 382 g/mol. The Balaban J connectivity index is 1.74. The quantitative estimate of drug-likeness (QED) is 0.833. The lowest BCUT2D eigenvalue weighted by atomic mass is 10.0. The van der Waals surface area contributed by atoms with E-state index >= 15 is 0 Å². The predicted molar refractivity (Wildman–Crippen MR) is 107 cm³/mol. The Morgan fingerprint density at radius 1 is 1.25 bits per heavy atom. The first kappa shape index (κ1) is 19.9. The van der Waals surface area contributed by atoms with Gasteiger partial charge in [-0.1, -0.05) is 38.1 Å². The Kier molecular flexibility index (Phi) is 6.31. The van der Waals surface area contributed by atoms with E-state index in [1.54, 1.807) is 12.0 Å². The molecule has 0 radical (unpaired) electrons. The van der Waals surface area contributed by atoms with Gasteiger partial charge in [0, 0.05) is 12.2 Å². The summed E-state index contributed by atoms with van der Waals surface area (Å²) in [4.78, 5) is 26.9. The number of amides is 2. The van der Waals surface area contributed by atoms with E-state index in [1.807, 2.05) is 48.5 Å². The number of methoxy groups -OCH3 is 1. The first-order valence-corrected chi connectivity index (χ1v) is 9.39. The van der Waals surface area contributed by atoms with Crippen LogP contribution in [0, 0.1) is 0 Å². The molecule has 2 amide bonds. The summed E-state index contributed by atoms with van der Waals surface area (Å²) < 4.78 is 10.5. The zero-order valence-electron chi connectivity index (χ0n) is 16.5. The number of nitrogens with one attached hydrogen (secondary N) is 1. The molecule has 1 atom stereocenters. The second-order valence-electron chi connectivity index (χ2n) is 7.17. The summed E-state index contributed by atoms with van der Waals surface area (Å²) in [6.45, 7) is 4.72. The predicted octanol–water partition coefficient (Wildman–Crippen LogP) is 3.18. The smallest absolute Gasteiger partial charge is 0.249 e. The van der Waals surface area contributed by atoms with E-state index in [0.717, 1.165) is 22.6 Å². The molecule has 1 aliphatic rings. The summed E-state index contributed by atoms with van der Waals surface area (Å²) >= 11 is 0. The van der Waals surface area contributed by atoms with Crippen molar-refractivity contribution in [3.63, 3.8) is 0 Å². The van der Waals surface area contributed by atoms with Crippen molar-refractivity contribution < 1.29 is 19.1 Å². The summed E-state index contributed by atoms with van der Waals surface area (Å²) in [7, 11) is 1.61. The van der Waals surface area contributed by atoms with Crippen molar-refractivity contribution >= 4 is 17.5 Å². The first-order valence-electron chi connectivity index (χ1n) is 9.39. The summed E-state index contributed by atoms with van der Waals surface area (Å²) in [6, 6.07) is 14.5. The summed E-state index contributed by atoms with van der Waals surface area (Å²) in [5.41, 5.74) is 2.79. The molecule has 0 spiro atoms. The standard InChI is InChI=1S/C22H26N2O4/c1-15(2)17-5-4-6-18(11-17)23-22(26)20-13-28-14-21(25)24(20)12-16-7-9-19(27-3)10-8-16/h4-11,15,20H,12-14H2,1-3H3,(H,23,26)/t20-/m0/s1. The lowest BCUT2D eigenvalue weighted by Crippen LogP contribution is -2.54. The van der Waals surface area contributed by atoms with Crippen molar-refractivity contribution in [2.45, 2.75) is 32.4 Å². The molecule has 1 N–H and O–H groups in total. The molecule has 0 bridgehead atoms. The lowest BCUT2D eigenvalue weighted by Gasteiger charge is -2.34. The van der Waals surface area contributed by atoms with Crippen LogP contribution >= 0.6 is 0 Å². The Labute approximate surface area is 165 Å². The van der Waals surface area contributed by atoms with Crippen LogP contribution in [0.2, 0.25) is 0 Å². The number of rotatable bonds is 6. The third-order valence-corrected chi connectivity index (χ3v) is 4.83. The van der Waals surface area contributed by atoms with Crippen LogP contribution in [-0.4, -0.2) is 43.1 Å². The Hall–Kier alpha value is -2.86. The van der Waals surface area contributed by atoms with Crippen molar-refractivity contribution in [3.05, 3.63) is 59.7 Å². The van der Waals surface area contributed by atoms with Crippen LogP contribution in [0.15, 0.2) is 48.5 Å². The second kappa shape index (κ2) is 8.89. The molecule has 2 aromatic carbocycles. The lowest BCUT2D eigenvalue weighted by molar-refractivity contribution is -0.154. The van der Waals surface area contributed by atoms with Gasteiger partial charge in [0.15, 0.2) is 0 Å². The van der Waals surface area contributed by atoms with Gasteiger partial charge in [-0.2, -0.15) is 0 Å². The van der Waals surface area contributed by atoms with Crippen LogP contribution in [-0.2, 0) is 20.9 Å². The number of carbonyl (C=O) groups excluding carboxylic acids is 2. The summed E-state index contributed by atoms with van der Waals surface area (Å²) in [6.07, 6.45) is 0. The Morgan fingerprint density at radius 3 is 2.68 bits per heavy atom. The normalized spacial score (nSPS) is 16.9. The molecule has 1 fully saturated rings. The summed E-state index contributed by atoms with van der Waals surface area (Å²) in [5.74, 6) is 0.667. The minimum absolute atomic E-state index is 0.0111. The topological polar surface area (TPSA) is 67.9 Å². The highest BCUT2D eigenvalue weighted by Crippen LogP contribution is 2.21. The number of anilines is 1. The highest BCUT2D eigenvalue weighted by atomic mass is 16.5. The van der Waals surface area contributed by atoms with E-state index in [0.29, 0.717) is 12.5 Å². The van der Waals surface area contributed by atoms with Crippen LogP contribution in [0.25, 0.3) is 0 Å². The third kappa shape index (κ3) is 4.70. The fraction of sp³-hybridized carbons (Fsp3) is 0.364. The van der Waals surface area contributed by atoms with E-state index < -0.39 is 6.04 Å². The van der Waals surface area contributed by atoms with Gasteiger partial charge in [0.05, 0.1) is 13.7 Å². The van der Waals surface area contributed by atoms with Crippen LogP contribution in [0.1, 0.15) is 30.9 Å². The van der Waals surface area contributed by atoms with Gasteiger partial charge < -0.3 is 19.7 Å². The third-order valence-electron chi connectivity index (χ3n) is 4.83. The van der Waals surface area contributed by atoms with Crippen molar-refractivity contribution in [2.75, 3.05) is 25.6 Å². The van der Waals surface area contributed by atoms with E-state index in [9.17, 15) is 9.59 Å². The van der Waals surface area contributed by atoms with E-state index in [1.165, 1.54) is 0 Å². The molecular formula is C22H26N2O4. The first-order chi connectivity index (χ1) is 13.5. The number of morpholine rings is 1. The zero-order chi connectivity index (χ0) is 20.1. The fourth-order valence-electron chi connectivity index (χ4n) is 3.15. The van der Waals surface area contributed by atoms with Crippen LogP contribution in [0.5, 0.6) is 5.75 Å². The fourth-order valence-corrected chi connectivity index (χ4v) is 3.15. The Morgan fingerprint density at radius 2 is 2.00 bits per heavy atom. The maximum atomic E-state index is 12.9. The summed E-state index contributed by atoms with van der Waals surface area (Å²) in [5, 5.41) is 2.93. The Bertz CT molecular complexity index is 833. The largest absolute Gasteiger partial charge is 0.497 e. The van der Waals surface area contributed by atoms with E-state index in [2.05, 4.69) is 19.2 Å². The van der Waals surface area contributed by atoms with Crippen molar-refractivity contribution in [1.29, 1.82) is 0 Å². The van der Waals surface area contributed by atoms with Crippen LogP contribution < -0.4 is 10.1 Å². The van der Waals surface area contributed by atoms with Crippen molar-refractivity contribution in [2.24, 2.45) is 0 Å². The molecule has 0 aliphatic carbocycles. The zero-order valence-corrected chi connectivity index (χ0v) is 16.5. The highest BCUT2D eigenvalue weighted by molar-refractivity contribution is 5.98. The molecule has 6 nitrogen and oxygen atoms in total. The molecule has 2 aromatic rings. The minimum Gasteiger partial charge on any atom is -0.497 e. The molecule has 1 aliphatic heterocycles. The molecule has 0 saturated carbocycles. The SMILES string of the molecule is COc1ccc(CN2C(=O)COC[C@H]2C(=O)Nc2cccc(C(C)C)c2)cc1. The number of carbonyl (C=O) groups is 2. The maximum Gasteiger partial charge on any atom is 0.249 e. The van der Waals surface area contributed by atoms with Gasteiger partial charge in [-0.15, -0.1) is 0 Å². The minimum atomic E-state index is -0.675. The van der Waals surface area contributed by atoms with E-state index in [4.69, 9.17) is 9.47 Å². The van der Waals surface area contributed by atoms with Gasteiger partial charge in [-0.25, -0.2) is 0 Å². The number of benzene rings is 2. The molecule has 1 heterocycles. The van der Waals surface area contributed by atoms with Gasteiger partial charge in [0.25, 0.3) is 0 Å². The molecule has 1 saturated heterocycles. The molecular weight excluding hydrogens is 356 g/mol. The monoisotopic (exact) mass is 382 g/mol. The van der Waals surface area contributed by atoms with Gasteiger partial charge in [0.2, 0.25) is 11.8 Å². The molecule has 28 heavy (non-hydrogen) atoms. The van der Waals surface area contributed by atoms with Crippen LogP contribution in [0.3, 0.4) is 0 Å². The van der Waals surface area contributed by atoms with Gasteiger partial charge in [0.1, 0.15) is 18.4 Å². The van der Waals surface area contributed by atoms with Crippen molar-refractivity contribution in [1.82, 2.24) is 4.90 Å². The number of hydrogen-bond acceptors (Lipinski definition) is 4. The van der Waals surface area contributed by atoms with Gasteiger partial charge >= 0.3 is 0 Å². The second-order valence-corrected chi connectivity index (χ2v) is 7.17. The van der Waals surface area contributed by atoms with Crippen LogP contribution in [0.4, 0.5) is 5.69 Å². The number of nitrogens with zero attached hydrogens (tertiary/aromatic N) is 1. The van der Waals surface area contributed by atoms with E-state index in [-0.39, 0.29) is 25.0 Å². The molecule has 0 aromatic heterocycles. The number of hydrogen-bond donors (Lipinski definition) is 1. The highest BCUT2D eigenvalue weighted by Gasteiger charge is 2.34. The maximum absolute atomic E-state index is 12.9. The average Bonchev–Trinajstić information content (AvgIpc) is 2.70. The number of ether oxygens (including phenoxy) is 2. The van der Waals surface area contributed by atoms with Crippen molar-refractivity contribution in [3.8, 4) is 5.75 Å². The molecule has 0 unspecified atom stereocenters. The van der Waals surface area contributed by atoms with Gasteiger partial charge in [-0.3, -0.25) is 9.59 Å². The van der Waals surface area contributed by atoms with Gasteiger partial charge in [-0.05, 0) is 41.3 Å². The molecule has 6 heteroatoms. The molecule has 148 valence electrons.